The minimum Gasteiger partial charge on any atom is -0.287 e. The van der Waals surface area contributed by atoms with Crippen LogP contribution in [0.5, 0.6) is 0 Å². The van der Waals surface area contributed by atoms with E-state index in [2.05, 4.69) is 10.2 Å². The predicted octanol–water partition coefficient (Wildman–Crippen LogP) is 4.39. The zero-order chi connectivity index (χ0) is 16.6. The van der Waals surface area contributed by atoms with Crippen molar-refractivity contribution in [3.8, 4) is 0 Å². The molecule has 0 N–H and O–H groups in total. The number of hydrogen-bond acceptors (Lipinski definition) is 3. The van der Waals surface area contributed by atoms with Gasteiger partial charge in [-0.05, 0) is 5.56 Å². The van der Waals surface area contributed by atoms with E-state index in [9.17, 15) is 4.79 Å². The molecule has 0 aliphatic heterocycles. The van der Waals surface area contributed by atoms with Crippen LogP contribution in [0.2, 0.25) is 0 Å². The zero-order valence-electron chi connectivity index (χ0n) is 13.0. The fourth-order valence-electron chi connectivity index (χ4n) is 2.25. The molecule has 0 aliphatic carbocycles. The first-order valence-electron chi connectivity index (χ1n) is 7.66. The minimum atomic E-state index is -0.146. The van der Waals surface area contributed by atoms with Gasteiger partial charge in [-0.2, -0.15) is 5.10 Å². The smallest absolute Gasteiger partial charge is 0.213 e. The van der Waals surface area contributed by atoms with Gasteiger partial charge < -0.3 is 0 Å². The van der Waals surface area contributed by atoms with E-state index in [1.807, 2.05) is 78.9 Å². The van der Waals surface area contributed by atoms with Gasteiger partial charge in [0.25, 0.3) is 0 Å². The summed E-state index contributed by atoms with van der Waals surface area (Å²) in [5.74, 6) is -0.146. The van der Waals surface area contributed by atoms with E-state index in [-0.39, 0.29) is 5.78 Å². The first-order valence-corrected chi connectivity index (χ1v) is 7.66. The van der Waals surface area contributed by atoms with Crippen molar-refractivity contribution in [3.63, 3.8) is 0 Å². The largest absolute Gasteiger partial charge is 0.287 e. The first-order chi connectivity index (χ1) is 11.8. The van der Waals surface area contributed by atoms with Crippen molar-refractivity contribution in [1.29, 1.82) is 0 Å². The lowest BCUT2D eigenvalue weighted by Crippen LogP contribution is -2.15. The number of carbonyl (C=O) groups is 1. The number of benzene rings is 3. The summed E-state index contributed by atoms with van der Waals surface area (Å²) in [7, 11) is 0. The van der Waals surface area contributed by atoms with Crippen LogP contribution in [-0.2, 0) is 0 Å². The van der Waals surface area contributed by atoms with Gasteiger partial charge in [0.15, 0.2) is 0 Å². The van der Waals surface area contributed by atoms with Crippen LogP contribution >= 0.6 is 0 Å². The Morgan fingerprint density at radius 1 is 0.667 bits per heavy atom. The molecular weight excluding hydrogens is 296 g/mol. The Morgan fingerprint density at radius 3 is 1.75 bits per heavy atom. The first kappa shape index (κ1) is 15.6. The molecule has 3 aromatic rings. The van der Waals surface area contributed by atoms with E-state index in [1.165, 1.54) is 0 Å². The van der Waals surface area contributed by atoms with E-state index in [0.717, 1.165) is 11.1 Å². The molecule has 0 fully saturated rings. The zero-order valence-corrected chi connectivity index (χ0v) is 13.0. The van der Waals surface area contributed by atoms with E-state index < -0.39 is 0 Å². The van der Waals surface area contributed by atoms with Crippen molar-refractivity contribution < 1.29 is 4.79 Å². The molecule has 0 aromatic heterocycles. The summed E-state index contributed by atoms with van der Waals surface area (Å²) in [6, 6.07) is 28.1. The lowest BCUT2D eigenvalue weighted by atomic mass is 10.0. The molecule has 116 valence electrons. The number of carbonyl (C=O) groups excluding carboxylic acids is 1. The van der Waals surface area contributed by atoms with Gasteiger partial charge in [0, 0.05) is 11.1 Å². The van der Waals surface area contributed by atoms with Gasteiger partial charge in [-0.3, -0.25) is 4.79 Å². The molecule has 0 saturated carbocycles. The Balaban J connectivity index is 1.95. The molecule has 3 aromatic carbocycles. The average Bonchev–Trinajstić information content (AvgIpc) is 2.67. The van der Waals surface area contributed by atoms with Crippen molar-refractivity contribution in [3.05, 3.63) is 108 Å². The lowest BCUT2D eigenvalue weighted by molar-refractivity contribution is 0.106. The Morgan fingerprint density at radius 2 is 1.17 bits per heavy atom. The van der Waals surface area contributed by atoms with Crippen molar-refractivity contribution in [1.82, 2.24) is 0 Å². The third-order valence-electron chi connectivity index (χ3n) is 3.46. The van der Waals surface area contributed by atoms with Crippen LogP contribution in [-0.4, -0.2) is 17.7 Å². The maximum Gasteiger partial charge on any atom is 0.213 e. The molecular formula is C21H16N2O. The van der Waals surface area contributed by atoms with E-state index in [1.54, 1.807) is 18.3 Å². The van der Waals surface area contributed by atoms with Crippen LogP contribution in [0, 0.1) is 0 Å². The standard InChI is InChI=1S/C21H16N2O/c24-21(19-14-8-3-9-15-19)20(18-12-6-2-7-13-18)23-22-16-17-10-4-1-5-11-17/h1-16H/b22-16+,23-20+. The van der Waals surface area contributed by atoms with Crippen molar-refractivity contribution in [2.75, 3.05) is 0 Å². The predicted molar refractivity (Wildman–Crippen MR) is 97.8 cm³/mol. The lowest BCUT2D eigenvalue weighted by Gasteiger charge is -2.04. The quantitative estimate of drug-likeness (QED) is 0.391. The molecule has 24 heavy (non-hydrogen) atoms. The molecule has 0 amide bonds. The highest BCUT2D eigenvalue weighted by molar-refractivity contribution is 6.51. The molecule has 0 radical (unpaired) electrons. The number of rotatable bonds is 5. The Hall–Kier alpha value is -3.33. The summed E-state index contributed by atoms with van der Waals surface area (Å²) in [6.45, 7) is 0. The van der Waals surface area contributed by atoms with Gasteiger partial charge in [-0.25, -0.2) is 0 Å². The third kappa shape index (κ3) is 3.90. The fraction of sp³-hybridized carbons (Fsp3) is 0. The second-order valence-electron chi connectivity index (χ2n) is 5.17. The Labute approximate surface area is 141 Å². The summed E-state index contributed by atoms with van der Waals surface area (Å²) < 4.78 is 0. The van der Waals surface area contributed by atoms with Gasteiger partial charge in [-0.1, -0.05) is 91.0 Å². The van der Waals surface area contributed by atoms with Crippen LogP contribution in [0.4, 0.5) is 0 Å². The van der Waals surface area contributed by atoms with E-state index in [4.69, 9.17) is 0 Å². The highest BCUT2D eigenvalue weighted by Gasteiger charge is 2.15. The molecule has 0 saturated heterocycles. The molecule has 3 rings (SSSR count). The second kappa shape index (κ2) is 7.79. The fourth-order valence-corrected chi connectivity index (χ4v) is 2.25. The molecule has 0 unspecified atom stereocenters. The number of Topliss-reactive ketones (excluding diaryl/α,β-unsaturated/α-hetero) is 1. The summed E-state index contributed by atoms with van der Waals surface area (Å²) in [6.07, 6.45) is 1.64. The van der Waals surface area contributed by atoms with Crippen LogP contribution in [0.1, 0.15) is 21.5 Å². The van der Waals surface area contributed by atoms with Crippen molar-refractivity contribution in [2.24, 2.45) is 10.2 Å². The molecule has 3 heteroatoms. The van der Waals surface area contributed by atoms with Gasteiger partial charge in [0.2, 0.25) is 5.78 Å². The highest BCUT2D eigenvalue weighted by Crippen LogP contribution is 2.09. The highest BCUT2D eigenvalue weighted by atomic mass is 16.1. The van der Waals surface area contributed by atoms with Crippen molar-refractivity contribution in [2.45, 2.75) is 0 Å². The van der Waals surface area contributed by atoms with Gasteiger partial charge in [0.1, 0.15) is 5.71 Å². The normalized spacial score (nSPS) is 11.6. The number of hydrogen-bond donors (Lipinski definition) is 0. The van der Waals surface area contributed by atoms with Gasteiger partial charge in [-0.15, -0.1) is 5.10 Å². The Bertz CT molecular complexity index is 854. The monoisotopic (exact) mass is 312 g/mol. The molecule has 0 bridgehead atoms. The summed E-state index contributed by atoms with van der Waals surface area (Å²) in [5, 5.41) is 8.31. The van der Waals surface area contributed by atoms with Crippen LogP contribution < -0.4 is 0 Å². The molecule has 0 aliphatic rings. The topological polar surface area (TPSA) is 41.8 Å². The van der Waals surface area contributed by atoms with Gasteiger partial charge >= 0.3 is 0 Å². The maximum absolute atomic E-state index is 12.8. The average molecular weight is 312 g/mol. The Kier molecular flexibility index (Phi) is 5.05. The van der Waals surface area contributed by atoms with Gasteiger partial charge in [0.05, 0.1) is 6.21 Å². The molecule has 0 spiro atoms. The van der Waals surface area contributed by atoms with Crippen LogP contribution in [0.3, 0.4) is 0 Å². The minimum absolute atomic E-state index is 0.146. The maximum atomic E-state index is 12.8. The molecule has 3 nitrogen and oxygen atoms in total. The number of nitrogens with zero attached hydrogens (tertiary/aromatic N) is 2. The van der Waals surface area contributed by atoms with E-state index >= 15 is 0 Å². The summed E-state index contributed by atoms with van der Waals surface area (Å²) in [5.41, 5.74) is 2.60. The van der Waals surface area contributed by atoms with Crippen molar-refractivity contribution >= 4 is 17.7 Å². The number of ketones is 1. The molecule has 0 heterocycles. The molecule has 0 atom stereocenters. The van der Waals surface area contributed by atoms with Crippen LogP contribution in [0.25, 0.3) is 0 Å². The van der Waals surface area contributed by atoms with Crippen LogP contribution in [0.15, 0.2) is 101 Å². The second-order valence-corrected chi connectivity index (χ2v) is 5.17. The van der Waals surface area contributed by atoms with E-state index in [0.29, 0.717) is 11.3 Å². The summed E-state index contributed by atoms with van der Waals surface area (Å²) >= 11 is 0. The SMILES string of the molecule is O=C(/C(=N/N=C/c1ccccc1)c1ccccc1)c1ccccc1. The summed E-state index contributed by atoms with van der Waals surface area (Å²) in [4.78, 5) is 12.8. The third-order valence-corrected chi connectivity index (χ3v) is 3.46.